The van der Waals surface area contributed by atoms with Gasteiger partial charge in [0.2, 0.25) is 10.0 Å². The molecule has 0 fully saturated rings. The summed E-state index contributed by atoms with van der Waals surface area (Å²) in [5.41, 5.74) is 0.913. The number of hydrogen-bond donors (Lipinski definition) is 1. The highest BCUT2D eigenvalue weighted by Crippen LogP contribution is 2.18. The van der Waals surface area contributed by atoms with Gasteiger partial charge in [-0.3, -0.25) is 0 Å². The Hall–Kier alpha value is -0.870. The molecule has 64 valence electrons. The monoisotopic (exact) mass is 183 g/mol. The van der Waals surface area contributed by atoms with Crippen LogP contribution in [0, 0.1) is 0 Å². The summed E-state index contributed by atoms with van der Waals surface area (Å²) < 4.78 is 25.2. The van der Waals surface area contributed by atoms with Crippen LogP contribution in [-0.2, 0) is 16.4 Å². The van der Waals surface area contributed by atoms with Crippen molar-refractivity contribution in [2.75, 3.05) is 6.54 Å². The maximum Gasteiger partial charge on any atom is 0.240 e. The van der Waals surface area contributed by atoms with E-state index in [4.69, 9.17) is 0 Å². The van der Waals surface area contributed by atoms with Crippen LogP contribution in [0.5, 0.6) is 0 Å². The van der Waals surface area contributed by atoms with Crippen LogP contribution in [0.4, 0.5) is 0 Å². The number of rotatable bonds is 0. The zero-order valence-electron chi connectivity index (χ0n) is 6.45. The largest absolute Gasteiger partial charge is 0.240 e. The molecule has 1 aromatic rings. The van der Waals surface area contributed by atoms with Gasteiger partial charge in [0.15, 0.2) is 0 Å². The molecule has 1 aliphatic rings. The summed E-state index contributed by atoms with van der Waals surface area (Å²) in [5, 5.41) is 0. The molecule has 2 rings (SSSR count). The van der Waals surface area contributed by atoms with Crippen LogP contribution in [0.25, 0.3) is 0 Å². The first kappa shape index (κ1) is 7.76. The smallest absolute Gasteiger partial charge is 0.211 e. The Morgan fingerprint density at radius 3 is 2.75 bits per heavy atom. The van der Waals surface area contributed by atoms with E-state index in [1.807, 2.05) is 12.1 Å². The SMILES string of the molecule is O=S1(=O)NCCc2ccccc21. The first-order valence-corrected chi connectivity index (χ1v) is 5.26. The molecule has 1 N–H and O–H groups in total. The van der Waals surface area contributed by atoms with Gasteiger partial charge in [-0.2, -0.15) is 0 Å². The lowest BCUT2D eigenvalue weighted by atomic mass is 10.1. The van der Waals surface area contributed by atoms with Crippen molar-refractivity contribution in [3.63, 3.8) is 0 Å². The molecule has 0 saturated carbocycles. The number of fused-ring (bicyclic) bond motifs is 1. The Morgan fingerprint density at radius 1 is 1.25 bits per heavy atom. The van der Waals surface area contributed by atoms with Crippen molar-refractivity contribution >= 4 is 10.0 Å². The summed E-state index contributed by atoms with van der Waals surface area (Å²) in [4.78, 5) is 0.427. The summed E-state index contributed by atoms with van der Waals surface area (Å²) >= 11 is 0. The zero-order chi connectivity index (χ0) is 8.60. The zero-order valence-corrected chi connectivity index (χ0v) is 7.26. The molecular weight excluding hydrogens is 174 g/mol. The highest BCUT2D eigenvalue weighted by atomic mass is 32.2. The van der Waals surface area contributed by atoms with Crippen molar-refractivity contribution in [1.82, 2.24) is 4.72 Å². The molecule has 0 radical (unpaired) electrons. The Morgan fingerprint density at radius 2 is 2.00 bits per heavy atom. The third-order valence-corrected chi connectivity index (χ3v) is 3.51. The van der Waals surface area contributed by atoms with Gasteiger partial charge < -0.3 is 0 Å². The fraction of sp³-hybridized carbons (Fsp3) is 0.250. The Bertz CT molecular complexity index is 397. The number of nitrogens with one attached hydrogen (secondary N) is 1. The summed E-state index contributed by atoms with van der Waals surface area (Å²) in [6, 6.07) is 7.09. The Balaban J connectivity index is 2.67. The molecule has 0 aliphatic carbocycles. The standard InChI is InChI=1S/C8H9NO2S/c10-12(11)8-4-2-1-3-7(8)5-6-9-12/h1-4,9H,5-6H2. The summed E-state index contributed by atoms with van der Waals surface area (Å²) in [6.45, 7) is 0.513. The molecule has 0 atom stereocenters. The second-order valence-corrected chi connectivity index (χ2v) is 4.49. The molecule has 1 aliphatic heterocycles. The van der Waals surface area contributed by atoms with Gasteiger partial charge in [0.1, 0.15) is 0 Å². The van der Waals surface area contributed by atoms with Crippen LogP contribution < -0.4 is 4.72 Å². The minimum atomic E-state index is -3.19. The molecule has 4 heteroatoms. The van der Waals surface area contributed by atoms with Crippen LogP contribution in [-0.4, -0.2) is 15.0 Å². The molecular formula is C8H9NO2S. The number of sulfonamides is 1. The maximum atomic E-state index is 11.4. The second kappa shape index (κ2) is 2.57. The van der Waals surface area contributed by atoms with E-state index in [1.54, 1.807) is 12.1 Å². The average Bonchev–Trinajstić information content (AvgIpc) is 2.04. The first-order chi connectivity index (χ1) is 5.70. The Labute approximate surface area is 71.5 Å². The van der Waals surface area contributed by atoms with Crippen molar-refractivity contribution in [2.24, 2.45) is 0 Å². The molecule has 1 heterocycles. The molecule has 3 nitrogen and oxygen atoms in total. The maximum absolute atomic E-state index is 11.4. The molecule has 0 unspecified atom stereocenters. The predicted molar refractivity (Wildman–Crippen MR) is 45.3 cm³/mol. The van der Waals surface area contributed by atoms with E-state index in [0.29, 0.717) is 11.4 Å². The third kappa shape index (κ3) is 1.13. The van der Waals surface area contributed by atoms with Crippen molar-refractivity contribution in [1.29, 1.82) is 0 Å². The van der Waals surface area contributed by atoms with Gasteiger partial charge in [-0.25, -0.2) is 13.1 Å². The number of benzene rings is 1. The predicted octanol–water partition coefficient (Wildman–Crippen LogP) is 0.521. The van der Waals surface area contributed by atoms with Gasteiger partial charge >= 0.3 is 0 Å². The fourth-order valence-corrected chi connectivity index (χ4v) is 2.67. The van der Waals surface area contributed by atoms with E-state index < -0.39 is 10.0 Å². The van der Waals surface area contributed by atoms with Gasteiger partial charge in [-0.15, -0.1) is 0 Å². The third-order valence-electron chi connectivity index (χ3n) is 1.95. The Kier molecular flexibility index (Phi) is 1.66. The molecule has 0 bridgehead atoms. The lowest BCUT2D eigenvalue weighted by Crippen LogP contribution is -2.31. The van der Waals surface area contributed by atoms with E-state index in [-0.39, 0.29) is 0 Å². The van der Waals surface area contributed by atoms with Crippen molar-refractivity contribution in [3.05, 3.63) is 29.8 Å². The second-order valence-electron chi connectivity index (χ2n) is 2.76. The fourth-order valence-electron chi connectivity index (χ4n) is 1.37. The van der Waals surface area contributed by atoms with Crippen molar-refractivity contribution in [2.45, 2.75) is 11.3 Å². The summed E-state index contributed by atoms with van der Waals surface area (Å²) in [7, 11) is -3.19. The number of hydrogen-bond acceptors (Lipinski definition) is 2. The van der Waals surface area contributed by atoms with E-state index in [9.17, 15) is 8.42 Å². The molecule has 1 aromatic carbocycles. The topological polar surface area (TPSA) is 46.2 Å². The summed E-state index contributed by atoms with van der Waals surface area (Å²) in [6.07, 6.45) is 0.787. The molecule has 0 amide bonds. The van der Waals surface area contributed by atoms with Crippen LogP contribution >= 0.6 is 0 Å². The van der Waals surface area contributed by atoms with Gasteiger partial charge in [-0.1, -0.05) is 18.2 Å². The first-order valence-electron chi connectivity index (χ1n) is 3.78. The van der Waals surface area contributed by atoms with Gasteiger partial charge in [0.05, 0.1) is 4.90 Å². The van der Waals surface area contributed by atoms with Crippen molar-refractivity contribution in [3.8, 4) is 0 Å². The van der Waals surface area contributed by atoms with Gasteiger partial charge in [0, 0.05) is 6.54 Å². The van der Waals surface area contributed by atoms with E-state index >= 15 is 0 Å². The van der Waals surface area contributed by atoms with Gasteiger partial charge in [0.25, 0.3) is 0 Å². The van der Waals surface area contributed by atoms with Crippen LogP contribution in [0.2, 0.25) is 0 Å². The minimum Gasteiger partial charge on any atom is -0.211 e. The van der Waals surface area contributed by atoms with Crippen LogP contribution in [0.1, 0.15) is 5.56 Å². The average molecular weight is 183 g/mol. The molecule has 0 saturated heterocycles. The minimum absolute atomic E-state index is 0.427. The molecule has 12 heavy (non-hydrogen) atoms. The molecule has 0 spiro atoms. The lowest BCUT2D eigenvalue weighted by Gasteiger charge is -2.16. The van der Waals surface area contributed by atoms with Crippen LogP contribution in [0.3, 0.4) is 0 Å². The molecule has 0 aromatic heterocycles. The van der Waals surface area contributed by atoms with Crippen molar-refractivity contribution < 1.29 is 8.42 Å². The van der Waals surface area contributed by atoms with E-state index in [2.05, 4.69) is 4.72 Å². The lowest BCUT2D eigenvalue weighted by molar-refractivity contribution is 0.573. The van der Waals surface area contributed by atoms with E-state index in [0.717, 1.165) is 12.0 Å². The highest BCUT2D eigenvalue weighted by molar-refractivity contribution is 7.89. The van der Waals surface area contributed by atoms with E-state index in [1.165, 1.54) is 0 Å². The normalized spacial score (nSPS) is 20.0. The summed E-state index contributed by atoms with van der Waals surface area (Å²) in [5.74, 6) is 0. The quantitative estimate of drug-likeness (QED) is 0.637. The highest BCUT2D eigenvalue weighted by Gasteiger charge is 2.21. The van der Waals surface area contributed by atoms with Crippen LogP contribution in [0.15, 0.2) is 29.2 Å². The van der Waals surface area contributed by atoms with Gasteiger partial charge in [-0.05, 0) is 18.1 Å².